The molecule has 4 nitrogen and oxygen atoms in total. The lowest BCUT2D eigenvalue weighted by Crippen LogP contribution is -2.12. The molecule has 2 rings (SSSR count). The largest absolute Gasteiger partial charge is 0.496 e. The maximum atomic E-state index is 5.57. The van der Waals surface area contributed by atoms with Crippen LogP contribution in [0, 0.1) is 0 Å². The van der Waals surface area contributed by atoms with Crippen LogP contribution in [-0.4, -0.2) is 17.1 Å². The van der Waals surface area contributed by atoms with Gasteiger partial charge in [-0.15, -0.1) is 0 Å². The van der Waals surface area contributed by atoms with Gasteiger partial charge in [0.05, 0.1) is 25.5 Å². The number of nitrogens with one attached hydrogen (secondary N) is 1. The van der Waals surface area contributed by atoms with Crippen molar-refractivity contribution in [1.29, 1.82) is 0 Å². The van der Waals surface area contributed by atoms with Crippen LogP contribution in [0.5, 0.6) is 5.75 Å². The highest BCUT2D eigenvalue weighted by Crippen LogP contribution is 2.34. The third kappa shape index (κ3) is 2.79. The third-order valence-electron chi connectivity index (χ3n) is 3.14. The zero-order valence-electron chi connectivity index (χ0n) is 11.9. The molecule has 0 amide bonds. The quantitative estimate of drug-likeness (QED) is 0.890. The number of H-pyrrole nitrogens is 1. The average molecular weight is 259 g/mol. The Bertz CT molecular complexity index is 567. The van der Waals surface area contributed by atoms with Gasteiger partial charge >= 0.3 is 0 Å². The number of methoxy groups -OCH3 is 1. The fraction of sp³-hybridized carbons (Fsp3) is 0.400. The van der Waals surface area contributed by atoms with Crippen LogP contribution >= 0.6 is 0 Å². The first-order valence-electron chi connectivity index (χ1n) is 6.38. The van der Waals surface area contributed by atoms with E-state index in [-0.39, 0.29) is 5.41 Å². The molecule has 0 saturated heterocycles. The van der Waals surface area contributed by atoms with E-state index in [2.05, 4.69) is 36.8 Å². The Labute approximate surface area is 114 Å². The lowest BCUT2D eigenvalue weighted by atomic mass is 9.85. The molecule has 0 aliphatic carbocycles. The van der Waals surface area contributed by atoms with E-state index < -0.39 is 0 Å². The molecule has 4 heteroatoms. The average Bonchev–Trinajstić information content (AvgIpc) is 2.85. The van der Waals surface area contributed by atoms with E-state index in [4.69, 9.17) is 10.5 Å². The summed E-state index contributed by atoms with van der Waals surface area (Å²) in [6.07, 6.45) is 1.82. The number of hydrogen-bond donors (Lipinski definition) is 2. The highest BCUT2D eigenvalue weighted by Gasteiger charge is 2.19. The van der Waals surface area contributed by atoms with Gasteiger partial charge < -0.3 is 15.5 Å². The van der Waals surface area contributed by atoms with E-state index in [1.54, 1.807) is 7.11 Å². The number of hydrogen-bond acceptors (Lipinski definition) is 3. The van der Waals surface area contributed by atoms with Crippen molar-refractivity contribution in [3.63, 3.8) is 0 Å². The summed E-state index contributed by atoms with van der Waals surface area (Å²) in [6, 6.07) is 6.17. The molecular weight excluding hydrogens is 238 g/mol. The number of aromatic amines is 1. The van der Waals surface area contributed by atoms with Gasteiger partial charge in [0.15, 0.2) is 0 Å². The number of benzene rings is 1. The number of imidazole rings is 1. The zero-order chi connectivity index (χ0) is 14.0. The van der Waals surface area contributed by atoms with Crippen molar-refractivity contribution in [2.75, 3.05) is 7.11 Å². The van der Waals surface area contributed by atoms with Crippen LogP contribution in [0.1, 0.15) is 32.2 Å². The molecular formula is C15H21N3O. The maximum absolute atomic E-state index is 5.57. The van der Waals surface area contributed by atoms with Crippen molar-refractivity contribution in [1.82, 2.24) is 9.97 Å². The van der Waals surface area contributed by atoms with Gasteiger partial charge in [-0.05, 0) is 23.6 Å². The number of nitrogens with zero attached hydrogens (tertiary/aromatic N) is 1. The summed E-state index contributed by atoms with van der Waals surface area (Å²) in [5, 5.41) is 0. The maximum Gasteiger partial charge on any atom is 0.122 e. The summed E-state index contributed by atoms with van der Waals surface area (Å²) in [7, 11) is 1.70. The van der Waals surface area contributed by atoms with E-state index in [9.17, 15) is 0 Å². The second kappa shape index (κ2) is 5.05. The Kier molecular flexibility index (Phi) is 3.62. The Morgan fingerprint density at radius 3 is 2.58 bits per heavy atom. The first kappa shape index (κ1) is 13.6. The van der Waals surface area contributed by atoms with Crippen LogP contribution in [0.3, 0.4) is 0 Å². The molecule has 3 N–H and O–H groups in total. The molecule has 0 aliphatic heterocycles. The molecule has 0 saturated carbocycles. The van der Waals surface area contributed by atoms with Crippen molar-refractivity contribution >= 4 is 0 Å². The van der Waals surface area contributed by atoms with Crippen molar-refractivity contribution in [3.05, 3.63) is 35.8 Å². The highest BCUT2D eigenvalue weighted by atomic mass is 16.5. The molecule has 19 heavy (non-hydrogen) atoms. The Balaban J connectivity index is 2.48. The van der Waals surface area contributed by atoms with Gasteiger partial charge in [-0.25, -0.2) is 4.98 Å². The van der Waals surface area contributed by atoms with Gasteiger partial charge in [-0.2, -0.15) is 0 Å². The first-order chi connectivity index (χ1) is 8.95. The van der Waals surface area contributed by atoms with Crippen LogP contribution in [0.4, 0.5) is 0 Å². The van der Waals surface area contributed by atoms with E-state index in [1.165, 1.54) is 5.56 Å². The van der Waals surface area contributed by atoms with E-state index in [0.29, 0.717) is 6.54 Å². The molecule has 0 atom stereocenters. The summed E-state index contributed by atoms with van der Waals surface area (Å²) in [6.45, 7) is 6.94. The third-order valence-corrected chi connectivity index (χ3v) is 3.14. The van der Waals surface area contributed by atoms with Crippen molar-refractivity contribution in [2.45, 2.75) is 32.7 Å². The molecule has 1 heterocycles. The standard InChI is InChI=1S/C15H21N3O/c1-15(2,3)11-7-10(5-6-13(11)19-4)12-9-17-14(8-16)18-12/h5-7,9H,8,16H2,1-4H3,(H,17,18). The van der Waals surface area contributed by atoms with E-state index in [0.717, 1.165) is 22.8 Å². The molecule has 102 valence electrons. The molecule has 2 aromatic rings. The molecule has 0 fully saturated rings. The molecule has 0 spiro atoms. The van der Waals surface area contributed by atoms with Crippen LogP contribution in [0.15, 0.2) is 24.4 Å². The molecule has 0 aliphatic rings. The van der Waals surface area contributed by atoms with Crippen molar-refractivity contribution in [3.8, 4) is 17.0 Å². The Morgan fingerprint density at radius 2 is 2.05 bits per heavy atom. The van der Waals surface area contributed by atoms with Crippen LogP contribution in [0.2, 0.25) is 0 Å². The molecule has 0 unspecified atom stereocenters. The summed E-state index contributed by atoms with van der Waals surface area (Å²) >= 11 is 0. The Morgan fingerprint density at radius 1 is 1.32 bits per heavy atom. The molecule has 1 aromatic carbocycles. The van der Waals surface area contributed by atoms with Gasteiger partial charge in [0, 0.05) is 11.1 Å². The van der Waals surface area contributed by atoms with Crippen molar-refractivity contribution in [2.24, 2.45) is 5.73 Å². The summed E-state index contributed by atoms with van der Waals surface area (Å²) in [5.41, 5.74) is 8.85. The van der Waals surface area contributed by atoms with Gasteiger partial charge in [-0.3, -0.25) is 0 Å². The topological polar surface area (TPSA) is 63.9 Å². The normalized spacial score (nSPS) is 11.6. The Hall–Kier alpha value is -1.81. The minimum Gasteiger partial charge on any atom is -0.496 e. The minimum atomic E-state index is 0.0259. The van der Waals surface area contributed by atoms with Crippen LogP contribution < -0.4 is 10.5 Å². The fourth-order valence-electron chi connectivity index (χ4n) is 2.07. The van der Waals surface area contributed by atoms with E-state index in [1.807, 2.05) is 18.3 Å². The predicted octanol–water partition coefficient (Wildman–Crippen LogP) is 2.84. The van der Waals surface area contributed by atoms with E-state index >= 15 is 0 Å². The second-order valence-electron chi connectivity index (χ2n) is 5.61. The number of ether oxygens (including phenoxy) is 1. The minimum absolute atomic E-state index is 0.0259. The van der Waals surface area contributed by atoms with Crippen molar-refractivity contribution < 1.29 is 4.74 Å². The van der Waals surface area contributed by atoms with Crippen LogP contribution in [0.25, 0.3) is 11.3 Å². The lowest BCUT2D eigenvalue weighted by molar-refractivity contribution is 0.397. The second-order valence-corrected chi connectivity index (χ2v) is 5.61. The van der Waals surface area contributed by atoms with Crippen LogP contribution in [-0.2, 0) is 12.0 Å². The number of rotatable bonds is 3. The molecule has 0 bridgehead atoms. The monoisotopic (exact) mass is 259 g/mol. The van der Waals surface area contributed by atoms with Gasteiger partial charge in [0.2, 0.25) is 0 Å². The first-order valence-corrected chi connectivity index (χ1v) is 6.38. The predicted molar refractivity (Wildman–Crippen MR) is 77.2 cm³/mol. The molecule has 0 radical (unpaired) electrons. The highest BCUT2D eigenvalue weighted by molar-refractivity contribution is 5.62. The summed E-state index contributed by atoms with van der Waals surface area (Å²) < 4.78 is 5.44. The van der Waals surface area contributed by atoms with Gasteiger partial charge in [0.25, 0.3) is 0 Å². The zero-order valence-corrected chi connectivity index (χ0v) is 11.9. The SMILES string of the molecule is COc1ccc(-c2cnc(CN)[nH]2)cc1C(C)(C)C. The van der Waals surface area contributed by atoms with Gasteiger partial charge in [-0.1, -0.05) is 20.8 Å². The number of aromatic nitrogens is 2. The molecule has 1 aromatic heterocycles. The van der Waals surface area contributed by atoms with Gasteiger partial charge in [0.1, 0.15) is 11.6 Å². The fourth-order valence-corrected chi connectivity index (χ4v) is 2.07. The lowest BCUT2D eigenvalue weighted by Gasteiger charge is -2.22. The summed E-state index contributed by atoms with van der Waals surface area (Å²) in [4.78, 5) is 7.45. The smallest absolute Gasteiger partial charge is 0.122 e. The number of nitrogens with two attached hydrogens (primary N) is 1. The summed E-state index contributed by atoms with van der Waals surface area (Å²) in [5.74, 6) is 1.71.